The van der Waals surface area contributed by atoms with Crippen LogP contribution in [0, 0.1) is 5.92 Å². The minimum Gasteiger partial charge on any atom is -0.330 e. The molecule has 2 heteroatoms. The molecule has 0 aromatic rings. The van der Waals surface area contributed by atoms with Gasteiger partial charge in [-0.1, -0.05) is 12.8 Å². The average molecular weight is 182 g/mol. The molecule has 3 unspecified atom stereocenters. The van der Waals surface area contributed by atoms with Gasteiger partial charge in [-0.15, -0.1) is 0 Å². The van der Waals surface area contributed by atoms with Gasteiger partial charge >= 0.3 is 0 Å². The van der Waals surface area contributed by atoms with Gasteiger partial charge in [-0.25, -0.2) is 0 Å². The van der Waals surface area contributed by atoms with Crippen LogP contribution in [0.2, 0.25) is 0 Å². The van der Waals surface area contributed by atoms with Gasteiger partial charge in [0.05, 0.1) is 0 Å². The predicted octanol–water partition coefficient (Wildman–Crippen LogP) is 1.60. The lowest BCUT2D eigenvalue weighted by atomic mass is 9.81. The molecule has 2 nitrogen and oxygen atoms in total. The molecule has 0 radical (unpaired) electrons. The largest absolute Gasteiger partial charge is 0.330 e. The van der Waals surface area contributed by atoms with Gasteiger partial charge < -0.3 is 5.73 Å². The Balaban J connectivity index is 1.94. The van der Waals surface area contributed by atoms with Crippen molar-refractivity contribution in [2.45, 2.75) is 51.1 Å². The molecule has 2 N–H and O–H groups in total. The van der Waals surface area contributed by atoms with Crippen molar-refractivity contribution in [3.05, 3.63) is 0 Å². The van der Waals surface area contributed by atoms with Crippen molar-refractivity contribution < 1.29 is 0 Å². The van der Waals surface area contributed by atoms with Crippen molar-refractivity contribution in [3.63, 3.8) is 0 Å². The minimum atomic E-state index is 0.788. The minimum absolute atomic E-state index is 0.788. The smallest absolute Gasteiger partial charge is 0.0138 e. The Morgan fingerprint density at radius 2 is 2.00 bits per heavy atom. The zero-order chi connectivity index (χ0) is 9.26. The molecule has 3 atom stereocenters. The normalized spacial score (nSPS) is 41.5. The molecule has 2 fully saturated rings. The molecule has 76 valence electrons. The Bertz CT molecular complexity index is 165. The van der Waals surface area contributed by atoms with Crippen LogP contribution in [0.1, 0.15) is 39.0 Å². The van der Waals surface area contributed by atoms with Crippen LogP contribution in [0.15, 0.2) is 0 Å². The summed E-state index contributed by atoms with van der Waals surface area (Å²) >= 11 is 0. The molecule has 0 bridgehead atoms. The zero-order valence-corrected chi connectivity index (χ0v) is 8.71. The summed E-state index contributed by atoms with van der Waals surface area (Å²) in [7, 11) is 0. The number of nitrogens with two attached hydrogens (primary N) is 1. The standard InChI is InChI=1S/C11H22N2/c1-9-6-7-13(9)11-5-3-2-4-10(11)8-12/h9-11H,2-8,12H2,1H3. The van der Waals surface area contributed by atoms with Crippen molar-refractivity contribution in [2.75, 3.05) is 13.1 Å². The lowest BCUT2D eigenvalue weighted by Gasteiger charge is -2.49. The van der Waals surface area contributed by atoms with E-state index in [9.17, 15) is 0 Å². The molecule has 13 heavy (non-hydrogen) atoms. The van der Waals surface area contributed by atoms with Gasteiger partial charge in [0, 0.05) is 18.6 Å². The Morgan fingerprint density at radius 3 is 2.54 bits per heavy atom. The van der Waals surface area contributed by atoms with Crippen LogP contribution < -0.4 is 5.73 Å². The highest BCUT2D eigenvalue weighted by atomic mass is 15.2. The van der Waals surface area contributed by atoms with Gasteiger partial charge in [-0.2, -0.15) is 0 Å². The molecular formula is C11H22N2. The summed E-state index contributed by atoms with van der Waals surface area (Å²) in [4.78, 5) is 2.68. The second kappa shape index (κ2) is 3.97. The average Bonchev–Trinajstić information content (AvgIpc) is 2.16. The maximum Gasteiger partial charge on any atom is 0.0138 e. The van der Waals surface area contributed by atoms with E-state index in [1.807, 2.05) is 0 Å². The third-order valence-corrected chi connectivity index (χ3v) is 3.97. The summed E-state index contributed by atoms with van der Waals surface area (Å²) < 4.78 is 0. The fourth-order valence-electron chi connectivity index (χ4n) is 2.93. The first-order chi connectivity index (χ1) is 6.33. The van der Waals surface area contributed by atoms with E-state index in [1.165, 1.54) is 38.6 Å². The Morgan fingerprint density at radius 1 is 1.23 bits per heavy atom. The lowest BCUT2D eigenvalue weighted by Crippen LogP contribution is -2.56. The van der Waals surface area contributed by atoms with E-state index in [4.69, 9.17) is 5.73 Å². The maximum atomic E-state index is 5.83. The van der Waals surface area contributed by atoms with Gasteiger partial charge in [0.1, 0.15) is 0 Å². The van der Waals surface area contributed by atoms with Gasteiger partial charge in [0.15, 0.2) is 0 Å². The summed E-state index contributed by atoms with van der Waals surface area (Å²) in [5, 5.41) is 0. The lowest BCUT2D eigenvalue weighted by molar-refractivity contribution is 0.00661. The number of hydrogen-bond acceptors (Lipinski definition) is 2. The number of hydrogen-bond donors (Lipinski definition) is 1. The van der Waals surface area contributed by atoms with Gasteiger partial charge in [-0.05, 0) is 38.6 Å². The van der Waals surface area contributed by atoms with Crippen LogP contribution in [-0.2, 0) is 0 Å². The Kier molecular flexibility index (Phi) is 2.89. The fourth-order valence-corrected chi connectivity index (χ4v) is 2.93. The molecule has 0 aromatic heterocycles. The quantitative estimate of drug-likeness (QED) is 0.703. The first-order valence-electron chi connectivity index (χ1n) is 5.78. The Labute approximate surface area is 81.5 Å². The van der Waals surface area contributed by atoms with E-state index in [0.717, 1.165) is 24.5 Å². The molecule has 1 aliphatic heterocycles. The van der Waals surface area contributed by atoms with Gasteiger partial charge in [-0.3, -0.25) is 4.90 Å². The monoisotopic (exact) mass is 182 g/mol. The topological polar surface area (TPSA) is 29.3 Å². The van der Waals surface area contributed by atoms with Crippen molar-refractivity contribution in [1.29, 1.82) is 0 Å². The first kappa shape index (κ1) is 9.47. The van der Waals surface area contributed by atoms with E-state index >= 15 is 0 Å². The van der Waals surface area contributed by atoms with Crippen LogP contribution in [0.25, 0.3) is 0 Å². The fraction of sp³-hybridized carbons (Fsp3) is 1.00. The van der Waals surface area contributed by atoms with E-state index in [1.54, 1.807) is 0 Å². The molecular weight excluding hydrogens is 160 g/mol. The summed E-state index contributed by atoms with van der Waals surface area (Å²) in [6.45, 7) is 4.57. The molecule has 1 saturated carbocycles. The number of likely N-dealkylation sites (tertiary alicyclic amines) is 1. The van der Waals surface area contributed by atoms with Crippen molar-refractivity contribution in [1.82, 2.24) is 4.90 Å². The summed E-state index contributed by atoms with van der Waals surface area (Å²) in [5.41, 5.74) is 5.83. The second-order valence-electron chi connectivity index (χ2n) is 4.72. The summed E-state index contributed by atoms with van der Waals surface area (Å²) in [6.07, 6.45) is 6.98. The zero-order valence-electron chi connectivity index (χ0n) is 8.71. The molecule has 0 spiro atoms. The molecule has 2 aliphatic rings. The van der Waals surface area contributed by atoms with Gasteiger partial charge in [0.2, 0.25) is 0 Å². The predicted molar refractivity (Wildman–Crippen MR) is 55.6 cm³/mol. The molecule has 1 saturated heterocycles. The van der Waals surface area contributed by atoms with Crippen LogP contribution in [0.5, 0.6) is 0 Å². The van der Waals surface area contributed by atoms with Crippen LogP contribution in [-0.4, -0.2) is 30.1 Å². The maximum absolute atomic E-state index is 5.83. The van der Waals surface area contributed by atoms with Crippen LogP contribution >= 0.6 is 0 Å². The van der Waals surface area contributed by atoms with Crippen LogP contribution in [0.4, 0.5) is 0 Å². The molecule has 0 aromatic carbocycles. The van der Waals surface area contributed by atoms with Crippen molar-refractivity contribution >= 4 is 0 Å². The van der Waals surface area contributed by atoms with E-state index in [0.29, 0.717) is 0 Å². The SMILES string of the molecule is CC1CCN1C1CCCCC1CN. The van der Waals surface area contributed by atoms with E-state index in [-0.39, 0.29) is 0 Å². The highest BCUT2D eigenvalue weighted by Crippen LogP contribution is 2.33. The third-order valence-electron chi connectivity index (χ3n) is 3.97. The summed E-state index contributed by atoms with van der Waals surface area (Å²) in [5.74, 6) is 0.788. The highest BCUT2D eigenvalue weighted by Gasteiger charge is 2.35. The van der Waals surface area contributed by atoms with Crippen molar-refractivity contribution in [2.24, 2.45) is 11.7 Å². The summed E-state index contributed by atoms with van der Waals surface area (Å²) in [6, 6.07) is 1.65. The van der Waals surface area contributed by atoms with Crippen LogP contribution in [0.3, 0.4) is 0 Å². The molecule has 0 amide bonds. The first-order valence-corrected chi connectivity index (χ1v) is 5.78. The Hall–Kier alpha value is -0.0800. The van der Waals surface area contributed by atoms with E-state index < -0.39 is 0 Å². The van der Waals surface area contributed by atoms with Crippen molar-refractivity contribution in [3.8, 4) is 0 Å². The van der Waals surface area contributed by atoms with Gasteiger partial charge in [0.25, 0.3) is 0 Å². The number of rotatable bonds is 2. The molecule has 2 rings (SSSR count). The third kappa shape index (κ3) is 1.75. The van der Waals surface area contributed by atoms with E-state index in [2.05, 4.69) is 11.8 Å². The second-order valence-corrected chi connectivity index (χ2v) is 4.72. The number of nitrogens with zero attached hydrogens (tertiary/aromatic N) is 1. The molecule has 1 aliphatic carbocycles. The highest BCUT2D eigenvalue weighted by molar-refractivity contribution is 4.91. The molecule has 1 heterocycles.